The van der Waals surface area contributed by atoms with E-state index in [9.17, 15) is 0 Å². The molecule has 7 nitrogen and oxygen atoms in total. The first-order valence-electron chi connectivity index (χ1n) is 8.65. The molecule has 0 aliphatic heterocycles. The van der Waals surface area contributed by atoms with Gasteiger partial charge in [0.15, 0.2) is 0 Å². The number of aromatic nitrogens is 5. The number of hydrogen-bond acceptors (Lipinski definition) is 5. The molecular weight excluding hydrogens is 372 g/mol. The molecule has 0 aliphatic carbocycles. The molecule has 2 heterocycles. The van der Waals surface area contributed by atoms with Gasteiger partial charge in [-0.3, -0.25) is 9.78 Å². The molecule has 28 heavy (non-hydrogen) atoms. The summed E-state index contributed by atoms with van der Waals surface area (Å²) in [5.74, 6) is 0.773. The van der Waals surface area contributed by atoms with Crippen molar-refractivity contribution in [3.8, 4) is 17.0 Å². The minimum Gasteiger partial charge on any atom is -0.497 e. The summed E-state index contributed by atoms with van der Waals surface area (Å²) < 4.78 is 9.18. The van der Waals surface area contributed by atoms with E-state index in [2.05, 4.69) is 27.4 Å². The molecule has 0 saturated carbocycles. The minimum absolute atomic E-state index is 0.427. The van der Waals surface area contributed by atoms with Gasteiger partial charge < -0.3 is 4.74 Å². The van der Waals surface area contributed by atoms with Crippen LogP contribution in [0.5, 0.6) is 5.75 Å². The SMILES string of the molecule is COc1cccc(-c2nn(Cc3ccccc3)cc2/C=N\n2cn[nH]c2=S)c1. The van der Waals surface area contributed by atoms with Gasteiger partial charge in [-0.15, -0.1) is 0 Å². The van der Waals surface area contributed by atoms with Gasteiger partial charge in [-0.1, -0.05) is 42.5 Å². The quantitative estimate of drug-likeness (QED) is 0.402. The molecule has 0 bridgehead atoms. The van der Waals surface area contributed by atoms with Gasteiger partial charge in [-0.25, -0.2) is 0 Å². The third kappa shape index (κ3) is 3.91. The number of hydrogen-bond donors (Lipinski definition) is 1. The number of aromatic amines is 1. The molecular formula is C20H18N6OS. The molecule has 0 fully saturated rings. The van der Waals surface area contributed by atoms with Crippen LogP contribution < -0.4 is 4.74 Å². The van der Waals surface area contributed by atoms with Crippen LogP contribution in [-0.4, -0.2) is 38.0 Å². The number of nitrogens with one attached hydrogen (secondary N) is 1. The lowest BCUT2D eigenvalue weighted by atomic mass is 10.1. The van der Waals surface area contributed by atoms with E-state index in [1.54, 1.807) is 13.3 Å². The lowest BCUT2D eigenvalue weighted by Gasteiger charge is -2.03. The van der Waals surface area contributed by atoms with E-state index in [1.807, 2.05) is 53.3 Å². The van der Waals surface area contributed by atoms with Gasteiger partial charge in [0.25, 0.3) is 0 Å². The Bertz CT molecular complexity index is 1160. The summed E-state index contributed by atoms with van der Waals surface area (Å²) in [5, 5.41) is 15.7. The summed E-state index contributed by atoms with van der Waals surface area (Å²) in [6.07, 6.45) is 5.22. The van der Waals surface area contributed by atoms with Crippen molar-refractivity contribution >= 4 is 18.4 Å². The fourth-order valence-corrected chi connectivity index (χ4v) is 2.97. The standard InChI is InChI=1S/C20H18N6OS/c1-27-18-9-5-8-16(10-18)19-17(11-22-26-14-21-23-20(26)28)13-25(24-19)12-15-6-3-2-4-7-15/h2-11,13-14H,12H2,1H3,(H,23,28)/b22-11-. The van der Waals surface area contributed by atoms with Gasteiger partial charge >= 0.3 is 0 Å². The van der Waals surface area contributed by atoms with Crippen molar-refractivity contribution in [3.63, 3.8) is 0 Å². The molecule has 140 valence electrons. The van der Waals surface area contributed by atoms with Gasteiger partial charge in [-0.05, 0) is 29.9 Å². The van der Waals surface area contributed by atoms with Gasteiger partial charge in [-0.2, -0.15) is 20.0 Å². The van der Waals surface area contributed by atoms with E-state index in [1.165, 1.54) is 16.6 Å². The summed E-state index contributed by atoms with van der Waals surface area (Å²) in [4.78, 5) is 0. The van der Waals surface area contributed by atoms with Crippen LogP contribution in [0.4, 0.5) is 0 Å². The Morgan fingerprint density at radius 3 is 2.79 bits per heavy atom. The van der Waals surface area contributed by atoms with Gasteiger partial charge in [0, 0.05) is 17.3 Å². The van der Waals surface area contributed by atoms with Crippen LogP contribution >= 0.6 is 12.2 Å². The number of benzene rings is 2. The Kier molecular flexibility index (Phi) is 5.11. The van der Waals surface area contributed by atoms with Crippen LogP contribution in [0.3, 0.4) is 0 Å². The average molecular weight is 390 g/mol. The maximum atomic E-state index is 5.35. The highest BCUT2D eigenvalue weighted by atomic mass is 32.1. The molecule has 4 rings (SSSR count). The van der Waals surface area contributed by atoms with Crippen LogP contribution in [0.1, 0.15) is 11.1 Å². The van der Waals surface area contributed by atoms with E-state index in [0.29, 0.717) is 11.3 Å². The number of rotatable bonds is 6. The fourth-order valence-electron chi connectivity index (χ4n) is 2.83. The van der Waals surface area contributed by atoms with Crippen LogP contribution in [0.15, 0.2) is 72.2 Å². The maximum Gasteiger partial charge on any atom is 0.216 e. The van der Waals surface area contributed by atoms with Crippen molar-refractivity contribution in [1.29, 1.82) is 0 Å². The Morgan fingerprint density at radius 2 is 2.04 bits per heavy atom. The molecule has 0 saturated heterocycles. The van der Waals surface area contributed by atoms with Crippen molar-refractivity contribution < 1.29 is 4.74 Å². The molecule has 0 aliphatic rings. The highest BCUT2D eigenvalue weighted by Gasteiger charge is 2.11. The third-order valence-corrected chi connectivity index (χ3v) is 4.46. The first-order chi connectivity index (χ1) is 13.7. The predicted octanol–water partition coefficient (Wildman–Crippen LogP) is 3.74. The predicted molar refractivity (Wildman–Crippen MR) is 110 cm³/mol. The highest BCUT2D eigenvalue weighted by molar-refractivity contribution is 7.71. The number of methoxy groups -OCH3 is 1. The second-order valence-corrected chi connectivity index (χ2v) is 6.49. The second kappa shape index (κ2) is 8.01. The normalized spacial score (nSPS) is 11.2. The van der Waals surface area contributed by atoms with Crippen molar-refractivity contribution in [2.24, 2.45) is 5.10 Å². The number of nitrogens with zero attached hydrogens (tertiary/aromatic N) is 5. The van der Waals surface area contributed by atoms with E-state index < -0.39 is 0 Å². The Hall–Kier alpha value is -3.52. The first-order valence-corrected chi connectivity index (χ1v) is 9.06. The molecule has 1 N–H and O–H groups in total. The Morgan fingerprint density at radius 1 is 1.18 bits per heavy atom. The topological polar surface area (TPSA) is 73.0 Å². The van der Waals surface area contributed by atoms with Crippen molar-refractivity contribution in [2.45, 2.75) is 6.54 Å². The van der Waals surface area contributed by atoms with E-state index >= 15 is 0 Å². The van der Waals surface area contributed by atoms with Crippen molar-refractivity contribution in [1.82, 2.24) is 24.7 Å². The van der Waals surface area contributed by atoms with Crippen LogP contribution in [-0.2, 0) is 6.54 Å². The second-order valence-electron chi connectivity index (χ2n) is 6.10. The average Bonchev–Trinajstić information content (AvgIpc) is 3.33. The van der Waals surface area contributed by atoms with Crippen LogP contribution in [0.25, 0.3) is 11.3 Å². The van der Waals surface area contributed by atoms with Crippen LogP contribution in [0.2, 0.25) is 0 Å². The zero-order valence-corrected chi connectivity index (χ0v) is 16.0. The molecule has 0 radical (unpaired) electrons. The summed E-state index contributed by atoms with van der Waals surface area (Å²) in [7, 11) is 1.65. The van der Waals surface area contributed by atoms with Gasteiger partial charge in [0.2, 0.25) is 4.77 Å². The first kappa shape index (κ1) is 17.9. The number of H-pyrrole nitrogens is 1. The third-order valence-electron chi connectivity index (χ3n) is 4.18. The molecule has 8 heteroatoms. The summed E-state index contributed by atoms with van der Waals surface area (Å²) >= 11 is 5.15. The number of ether oxygens (including phenoxy) is 1. The summed E-state index contributed by atoms with van der Waals surface area (Å²) in [5.41, 5.74) is 3.80. The summed E-state index contributed by atoms with van der Waals surface area (Å²) in [6.45, 7) is 0.663. The molecule has 4 aromatic rings. The Balaban J connectivity index is 1.74. The maximum absolute atomic E-state index is 5.35. The molecule has 0 unspecified atom stereocenters. The molecule has 2 aromatic carbocycles. The molecule has 0 amide bonds. The lowest BCUT2D eigenvalue weighted by molar-refractivity contribution is 0.415. The molecule has 0 atom stereocenters. The van der Waals surface area contributed by atoms with E-state index in [4.69, 9.17) is 22.1 Å². The summed E-state index contributed by atoms with van der Waals surface area (Å²) in [6, 6.07) is 18.0. The van der Waals surface area contributed by atoms with Gasteiger partial charge in [0.05, 0.1) is 19.9 Å². The lowest BCUT2D eigenvalue weighted by Crippen LogP contribution is -2.00. The zero-order valence-electron chi connectivity index (χ0n) is 15.2. The smallest absolute Gasteiger partial charge is 0.216 e. The van der Waals surface area contributed by atoms with Crippen LogP contribution in [0, 0.1) is 4.77 Å². The Labute approximate surface area is 166 Å². The molecule has 2 aromatic heterocycles. The fraction of sp³-hybridized carbons (Fsp3) is 0.100. The largest absolute Gasteiger partial charge is 0.497 e. The minimum atomic E-state index is 0.427. The van der Waals surface area contributed by atoms with E-state index in [-0.39, 0.29) is 0 Å². The monoisotopic (exact) mass is 390 g/mol. The van der Waals surface area contributed by atoms with Crippen molar-refractivity contribution in [2.75, 3.05) is 7.11 Å². The van der Waals surface area contributed by atoms with E-state index in [0.717, 1.165) is 22.6 Å². The zero-order chi connectivity index (χ0) is 19.3. The van der Waals surface area contributed by atoms with Crippen molar-refractivity contribution in [3.05, 3.63) is 83.0 Å². The van der Waals surface area contributed by atoms with Gasteiger partial charge in [0.1, 0.15) is 17.8 Å². The molecule has 0 spiro atoms. The highest BCUT2D eigenvalue weighted by Crippen LogP contribution is 2.25.